The zero-order valence-electron chi connectivity index (χ0n) is 16.3. The Bertz CT molecular complexity index is 1020. The van der Waals surface area contributed by atoms with Crippen molar-refractivity contribution in [2.24, 2.45) is 0 Å². The van der Waals surface area contributed by atoms with Crippen molar-refractivity contribution in [2.75, 3.05) is 31.1 Å². The Morgan fingerprint density at radius 2 is 1.52 bits per heavy atom. The Morgan fingerprint density at radius 3 is 2.21 bits per heavy atom. The molecule has 0 aromatic heterocycles. The third-order valence-corrected chi connectivity index (χ3v) is 5.49. The minimum absolute atomic E-state index is 0.0828. The van der Waals surface area contributed by atoms with Crippen molar-refractivity contribution in [3.8, 4) is 0 Å². The molecule has 1 fully saturated rings. The summed E-state index contributed by atoms with van der Waals surface area (Å²) in [6, 6.07) is 22.0. The van der Waals surface area contributed by atoms with E-state index in [1.807, 2.05) is 65.6 Å². The molecule has 3 aromatic carbocycles. The molecule has 0 radical (unpaired) electrons. The lowest BCUT2D eigenvalue weighted by atomic mass is 10.1. The highest BCUT2D eigenvalue weighted by atomic mass is 16.4. The Labute approximate surface area is 170 Å². The summed E-state index contributed by atoms with van der Waals surface area (Å²) in [5.74, 6) is -0.694. The molecule has 1 N–H and O–H groups in total. The predicted octanol–water partition coefficient (Wildman–Crippen LogP) is 3.82. The molecule has 0 bridgehead atoms. The fraction of sp³-hybridized carbons (Fsp3) is 0.250. The normalized spacial score (nSPS) is 14.2. The molecule has 1 heterocycles. The fourth-order valence-electron chi connectivity index (χ4n) is 3.80. The molecular weight excluding hydrogens is 364 g/mol. The summed E-state index contributed by atoms with van der Waals surface area (Å²) in [6.07, 6.45) is 0.693. The molecule has 5 nitrogen and oxygen atoms in total. The van der Waals surface area contributed by atoms with Crippen molar-refractivity contribution >= 4 is 28.3 Å². The first-order chi connectivity index (χ1) is 14.1. The largest absolute Gasteiger partial charge is 0.481 e. The summed E-state index contributed by atoms with van der Waals surface area (Å²) in [4.78, 5) is 27.8. The van der Waals surface area contributed by atoms with Gasteiger partial charge in [-0.3, -0.25) is 9.59 Å². The number of aliphatic carboxylic acids is 1. The van der Waals surface area contributed by atoms with Crippen LogP contribution in [-0.2, 0) is 11.2 Å². The van der Waals surface area contributed by atoms with E-state index in [9.17, 15) is 9.59 Å². The van der Waals surface area contributed by atoms with Crippen LogP contribution in [0.15, 0.2) is 66.7 Å². The highest BCUT2D eigenvalue weighted by Gasteiger charge is 2.22. The quantitative estimate of drug-likeness (QED) is 0.722. The first-order valence-corrected chi connectivity index (χ1v) is 9.94. The van der Waals surface area contributed by atoms with Gasteiger partial charge in [0.2, 0.25) is 0 Å². The monoisotopic (exact) mass is 388 g/mol. The number of amides is 1. The summed E-state index contributed by atoms with van der Waals surface area (Å²) in [7, 11) is 0. The Balaban J connectivity index is 1.37. The van der Waals surface area contributed by atoms with Crippen LogP contribution in [0.4, 0.5) is 5.69 Å². The molecule has 1 aliphatic heterocycles. The number of hydrogen-bond donors (Lipinski definition) is 1. The zero-order valence-corrected chi connectivity index (χ0v) is 16.3. The van der Waals surface area contributed by atoms with Crippen molar-refractivity contribution in [1.29, 1.82) is 0 Å². The lowest BCUT2D eigenvalue weighted by molar-refractivity contribution is -0.136. The molecule has 5 heteroatoms. The minimum Gasteiger partial charge on any atom is -0.481 e. The lowest BCUT2D eigenvalue weighted by Crippen LogP contribution is -2.48. The Kier molecular flexibility index (Phi) is 5.47. The second-order valence-electron chi connectivity index (χ2n) is 7.40. The molecule has 0 aliphatic carbocycles. The topological polar surface area (TPSA) is 60.9 Å². The maximum absolute atomic E-state index is 12.9. The zero-order chi connectivity index (χ0) is 20.2. The van der Waals surface area contributed by atoms with Crippen molar-refractivity contribution < 1.29 is 14.7 Å². The van der Waals surface area contributed by atoms with E-state index in [2.05, 4.69) is 11.0 Å². The number of anilines is 1. The van der Waals surface area contributed by atoms with Gasteiger partial charge in [-0.25, -0.2) is 0 Å². The van der Waals surface area contributed by atoms with Crippen LogP contribution in [0.3, 0.4) is 0 Å². The van der Waals surface area contributed by atoms with Crippen LogP contribution in [0.5, 0.6) is 0 Å². The van der Waals surface area contributed by atoms with Crippen molar-refractivity contribution in [2.45, 2.75) is 12.8 Å². The second-order valence-corrected chi connectivity index (χ2v) is 7.40. The molecule has 1 aliphatic rings. The van der Waals surface area contributed by atoms with Gasteiger partial charge in [-0.1, -0.05) is 42.5 Å². The van der Waals surface area contributed by atoms with Gasteiger partial charge in [-0.2, -0.15) is 0 Å². The van der Waals surface area contributed by atoms with Gasteiger partial charge in [-0.05, 0) is 47.0 Å². The van der Waals surface area contributed by atoms with Crippen molar-refractivity contribution in [3.05, 3.63) is 77.9 Å². The van der Waals surface area contributed by atoms with Crippen LogP contribution < -0.4 is 4.90 Å². The minimum atomic E-state index is -0.777. The number of nitrogens with zero attached hydrogens (tertiary/aromatic N) is 2. The number of hydrogen-bond acceptors (Lipinski definition) is 3. The third-order valence-electron chi connectivity index (χ3n) is 5.49. The van der Waals surface area contributed by atoms with Crippen LogP contribution in [0.25, 0.3) is 10.8 Å². The summed E-state index contributed by atoms with van der Waals surface area (Å²) in [5.41, 5.74) is 2.88. The maximum Gasteiger partial charge on any atom is 0.303 e. The van der Waals surface area contributed by atoms with Gasteiger partial charge in [0, 0.05) is 43.9 Å². The van der Waals surface area contributed by atoms with Gasteiger partial charge in [0.1, 0.15) is 0 Å². The Hall–Kier alpha value is -3.34. The number of rotatable bonds is 5. The van der Waals surface area contributed by atoms with E-state index in [1.54, 1.807) is 0 Å². The molecule has 0 atom stereocenters. The van der Waals surface area contributed by atoms with E-state index >= 15 is 0 Å². The molecule has 29 heavy (non-hydrogen) atoms. The lowest BCUT2D eigenvalue weighted by Gasteiger charge is -2.36. The highest BCUT2D eigenvalue weighted by Crippen LogP contribution is 2.20. The van der Waals surface area contributed by atoms with Crippen LogP contribution in [0, 0.1) is 0 Å². The van der Waals surface area contributed by atoms with Crippen LogP contribution >= 0.6 is 0 Å². The van der Waals surface area contributed by atoms with E-state index in [1.165, 1.54) is 0 Å². The van der Waals surface area contributed by atoms with Gasteiger partial charge in [-0.15, -0.1) is 0 Å². The summed E-state index contributed by atoms with van der Waals surface area (Å²) in [5, 5.41) is 11.0. The molecule has 0 unspecified atom stereocenters. The number of carbonyl (C=O) groups excluding carboxylic acids is 1. The van der Waals surface area contributed by atoms with Gasteiger partial charge < -0.3 is 14.9 Å². The van der Waals surface area contributed by atoms with Crippen LogP contribution in [0.1, 0.15) is 22.3 Å². The molecule has 1 saturated heterocycles. The molecule has 3 aromatic rings. The van der Waals surface area contributed by atoms with Gasteiger partial charge in [0.05, 0.1) is 0 Å². The molecular formula is C24H24N2O3. The summed E-state index contributed by atoms with van der Waals surface area (Å²) < 4.78 is 0. The molecule has 4 rings (SSSR count). The predicted molar refractivity (Wildman–Crippen MR) is 114 cm³/mol. The van der Waals surface area contributed by atoms with Crippen LogP contribution in [0.2, 0.25) is 0 Å². The van der Waals surface area contributed by atoms with E-state index in [0.717, 1.165) is 40.7 Å². The van der Waals surface area contributed by atoms with Gasteiger partial charge >= 0.3 is 5.97 Å². The van der Waals surface area contributed by atoms with E-state index < -0.39 is 5.97 Å². The average molecular weight is 388 g/mol. The fourth-order valence-corrected chi connectivity index (χ4v) is 3.80. The maximum atomic E-state index is 12.9. The number of carbonyl (C=O) groups is 2. The molecule has 1 amide bonds. The van der Waals surface area contributed by atoms with E-state index in [-0.39, 0.29) is 12.3 Å². The van der Waals surface area contributed by atoms with Gasteiger partial charge in [0.15, 0.2) is 0 Å². The number of benzene rings is 3. The number of piperazine rings is 1. The summed E-state index contributed by atoms with van der Waals surface area (Å²) in [6.45, 7) is 2.94. The third kappa shape index (κ3) is 4.40. The van der Waals surface area contributed by atoms with Gasteiger partial charge in [0.25, 0.3) is 5.91 Å². The average Bonchev–Trinajstić information content (AvgIpc) is 2.77. The number of aryl methyl sites for hydroxylation is 1. The standard InChI is InChI=1S/C24H24N2O3/c27-23(28)12-7-18-5-10-22(11-6-18)25-13-15-26(16-14-25)24(29)21-9-8-19-3-1-2-4-20(19)17-21/h1-6,8-11,17H,7,12-16H2,(H,27,28). The molecule has 0 saturated carbocycles. The molecule has 0 spiro atoms. The smallest absolute Gasteiger partial charge is 0.303 e. The summed E-state index contributed by atoms with van der Waals surface area (Å²) >= 11 is 0. The highest BCUT2D eigenvalue weighted by molar-refractivity contribution is 5.98. The second kappa shape index (κ2) is 8.35. The Morgan fingerprint density at radius 1 is 0.828 bits per heavy atom. The first-order valence-electron chi connectivity index (χ1n) is 9.94. The van der Waals surface area contributed by atoms with Crippen molar-refractivity contribution in [1.82, 2.24) is 4.90 Å². The SMILES string of the molecule is O=C(O)CCc1ccc(N2CCN(C(=O)c3ccc4ccccc4c3)CC2)cc1. The number of carboxylic acids is 1. The number of carboxylic acid groups (broad SMARTS) is 1. The van der Waals surface area contributed by atoms with Crippen molar-refractivity contribution in [3.63, 3.8) is 0 Å². The molecule has 148 valence electrons. The number of fused-ring (bicyclic) bond motifs is 1. The van der Waals surface area contributed by atoms with Crippen LogP contribution in [-0.4, -0.2) is 48.1 Å². The van der Waals surface area contributed by atoms with E-state index in [0.29, 0.717) is 19.5 Å². The first kappa shape index (κ1) is 19.0. The van der Waals surface area contributed by atoms with E-state index in [4.69, 9.17) is 5.11 Å².